The molecule has 0 aliphatic heterocycles. The predicted molar refractivity (Wildman–Crippen MR) is 113 cm³/mol. The quantitative estimate of drug-likeness (QED) is 0.574. The van der Waals surface area contributed by atoms with Gasteiger partial charge in [0.1, 0.15) is 0 Å². The second kappa shape index (κ2) is 12.1. The van der Waals surface area contributed by atoms with E-state index in [1.165, 1.54) is 0 Å². The molecule has 0 saturated carbocycles. The largest absolute Gasteiger partial charge is 0.339 e. The molecule has 0 radical (unpaired) electrons. The van der Waals surface area contributed by atoms with Crippen LogP contribution in [-0.2, 0) is 17.8 Å². The molecule has 2 heterocycles. The number of hydrogen-bond donors (Lipinski definition) is 2. The van der Waals surface area contributed by atoms with Gasteiger partial charge in [0.05, 0.1) is 0 Å². The van der Waals surface area contributed by atoms with Crippen LogP contribution < -0.4 is 10.6 Å². The van der Waals surface area contributed by atoms with Crippen molar-refractivity contribution >= 4 is 36.4 Å². The van der Waals surface area contributed by atoms with Crippen LogP contribution in [0.4, 0.5) is 5.69 Å². The molecule has 0 saturated heterocycles. The number of carbonyl (C=O) groups excluding carboxylic acids is 1. The summed E-state index contributed by atoms with van der Waals surface area (Å²) in [5.41, 5.74) is 2.74. The van der Waals surface area contributed by atoms with Gasteiger partial charge >= 0.3 is 0 Å². The molecule has 0 aliphatic rings. The number of aryl methyl sites for hydroxylation is 1. The molecular formula is C19H23Cl2N5O2. The lowest BCUT2D eigenvalue weighted by Crippen LogP contribution is -2.14. The fraction of sp³-hybridized carbons (Fsp3) is 0.263. The van der Waals surface area contributed by atoms with Crippen molar-refractivity contribution in [1.29, 1.82) is 0 Å². The lowest BCUT2D eigenvalue weighted by Gasteiger charge is -2.07. The zero-order valence-electron chi connectivity index (χ0n) is 15.4. The number of aromatic nitrogens is 3. The number of carbonyl (C=O) groups is 1. The van der Waals surface area contributed by atoms with Gasteiger partial charge in [-0.2, -0.15) is 4.98 Å². The van der Waals surface area contributed by atoms with Crippen LogP contribution in [0.2, 0.25) is 0 Å². The monoisotopic (exact) mass is 423 g/mol. The molecule has 7 nitrogen and oxygen atoms in total. The predicted octanol–water partition coefficient (Wildman–Crippen LogP) is 3.66. The van der Waals surface area contributed by atoms with Gasteiger partial charge in [-0.15, -0.1) is 24.8 Å². The molecule has 0 unspecified atom stereocenters. The molecule has 9 heteroatoms. The molecule has 150 valence electrons. The van der Waals surface area contributed by atoms with Gasteiger partial charge in [0, 0.05) is 43.0 Å². The highest BCUT2D eigenvalue weighted by Gasteiger charge is 2.11. The summed E-state index contributed by atoms with van der Waals surface area (Å²) in [6, 6.07) is 11.4. The molecule has 3 aromatic rings. The Bertz CT molecular complexity index is 858. The average Bonchev–Trinajstić information content (AvgIpc) is 3.15. The molecule has 0 atom stereocenters. The fourth-order valence-corrected chi connectivity index (χ4v) is 2.45. The van der Waals surface area contributed by atoms with E-state index in [4.69, 9.17) is 4.52 Å². The molecule has 2 N–H and O–H groups in total. The van der Waals surface area contributed by atoms with E-state index in [9.17, 15) is 4.79 Å². The molecule has 2 aromatic heterocycles. The minimum atomic E-state index is -0.0886. The standard InChI is InChI=1S/C19H21N5O2.2ClH/c1-2-20-13-14-4-3-5-16(12-14)22-17(25)6-7-18-23-19(24-26-18)15-8-10-21-11-9-15;;/h3-5,8-12,20H,2,6-7,13H2,1H3,(H,22,25);2*1H. The first kappa shape index (κ1) is 23.6. The molecule has 3 rings (SSSR count). The Morgan fingerprint density at radius 2 is 1.93 bits per heavy atom. The summed E-state index contributed by atoms with van der Waals surface area (Å²) in [6.07, 6.45) is 4.00. The average molecular weight is 424 g/mol. The highest BCUT2D eigenvalue weighted by molar-refractivity contribution is 5.90. The maximum absolute atomic E-state index is 12.2. The van der Waals surface area contributed by atoms with E-state index in [-0.39, 0.29) is 37.1 Å². The number of halogens is 2. The van der Waals surface area contributed by atoms with Gasteiger partial charge in [-0.05, 0) is 36.4 Å². The van der Waals surface area contributed by atoms with Crippen LogP contribution in [0.5, 0.6) is 0 Å². The van der Waals surface area contributed by atoms with Crippen LogP contribution >= 0.6 is 24.8 Å². The van der Waals surface area contributed by atoms with E-state index in [1.54, 1.807) is 12.4 Å². The van der Waals surface area contributed by atoms with Crippen LogP contribution in [-0.4, -0.2) is 27.6 Å². The zero-order chi connectivity index (χ0) is 18.2. The Morgan fingerprint density at radius 1 is 1.14 bits per heavy atom. The van der Waals surface area contributed by atoms with Gasteiger partial charge in [-0.1, -0.05) is 24.2 Å². The Morgan fingerprint density at radius 3 is 2.68 bits per heavy atom. The normalized spacial score (nSPS) is 9.89. The van der Waals surface area contributed by atoms with E-state index in [0.29, 0.717) is 18.1 Å². The number of hydrogen-bond acceptors (Lipinski definition) is 6. The SMILES string of the molecule is CCNCc1cccc(NC(=O)CCc2nc(-c3ccncc3)no2)c1.Cl.Cl. The zero-order valence-corrected chi connectivity index (χ0v) is 17.1. The van der Waals surface area contributed by atoms with Gasteiger partial charge in [-0.3, -0.25) is 9.78 Å². The topological polar surface area (TPSA) is 92.9 Å². The van der Waals surface area contributed by atoms with Crippen LogP contribution in [0.3, 0.4) is 0 Å². The minimum Gasteiger partial charge on any atom is -0.339 e. The number of nitrogens with zero attached hydrogens (tertiary/aromatic N) is 3. The second-order valence-electron chi connectivity index (χ2n) is 5.78. The molecule has 0 fully saturated rings. The van der Waals surface area contributed by atoms with Crippen molar-refractivity contribution in [1.82, 2.24) is 20.4 Å². The molecule has 1 aromatic carbocycles. The Labute approximate surface area is 176 Å². The van der Waals surface area contributed by atoms with E-state index >= 15 is 0 Å². The summed E-state index contributed by atoms with van der Waals surface area (Å²) in [4.78, 5) is 20.4. The fourth-order valence-electron chi connectivity index (χ4n) is 2.45. The van der Waals surface area contributed by atoms with Crippen molar-refractivity contribution in [3.8, 4) is 11.4 Å². The third kappa shape index (κ3) is 6.92. The van der Waals surface area contributed by atoms with Crippen LogP contribution in [0.1, 0.15) is 24.8 Å². The van der Waals surface area contributed by atoms with Crippen molar-refractivity contribution in [3.05, 3.63) is 60.2 Å². The van der Waals surface area contributed by atoms with Gasteiger partial charge in [0.15, 0.2) is 0 Å². The summed E-state index contributed by atoms with van der Waals surface area (Å²) < 4.78 is 5.21. The van der Waals surface area contributed by atoms with Gasteiger partial charge in [0.2, 0.25) is 17.6 Å². The molecule has 0 aliphatic carbocycles. The summed E-state index contributed by atoms with van der Waals surface area (Å²) in [5, 5.41) is 10.1. The third-order valence-corrected chi connectivity index (χ3v) is 3.76. The first-order chi connectivity index (χ1) is 12.7. The summed E-state index contributed by atoms with van der Waals surface area (Å²) >= 11 is 0. The summed E-state index contributed by atoms with van der Waals surface area (Å²) in [7, 11) is 0. The third-order valence-electron chi connectivity index (χ3n) is 3.76. The van der Waals surface area contributed by atoms with Crippen molar-refractivity contribution in [2.45, 2.75) is 26.3 Å². The number of nitrogens with one attached hydrogen (secondary N) is 2. The van der Waals surface area contributed by atoms with Crippen LogP contribution in [0.15, 0.2) is 53.3 Å². The molecule has 28 heavy (non-hydrogen) atoms. The first-order valence-electron chi connectivity index (χ1n) is 8.57. The number of pyridine rings is 1. The van der Waals surface area contributed by atoms with Crippen molar-refractivity contribution in [3.63, 3.8) is 0 Å². The summed E-state index contributed by atoms with van der Waals surface area (Å²) in [5.74, 6) is 0.848. The molecule has 0 spiro atoms. The van der Waals surface area contributed by atoms with E-state index in [1.807, 2.05) is 36.4 Å². The van der Waals surface area contributed by atoms with E-state index < -0.39 is 0 Å². The van der Waals surface area contributed by atoms with E-state index in [2.05, 4.69) is 32.7 Å². The number of amides is 1. The smallest absolute Gasteiger partial charge is 0.227 e. The van der Waals surface area contributed by atoms with Gasteiger partial charge < -0.3 is 15.2 Å². The van der Waals surface area contributed by atoms with Gasteiger partial charge in [0.25, 0.3) is 0 Å². The molecule has 1 amide bonds. The Hall–Kier alpha value is -2.48. The minimum absolute atomic E-state index is 0. The van der Waals surface area contributed by atoms with Crippen LogP contribution in [0, 0.1) is 0 Å². The van der Waals surface area contributed by atoms with E-state index in [0.717, 1.165) is 29.9 Å². The lowest BCUT2D eigenvalue weighted by atomic mass is 10.2. The Balaban J connectivity index is 0.00000196. The van der Waals surface area contributed by atoms with Crippen molar-refractivity contribution < 1.29 is 9.32 Å². The molecule has 0 bridgehead atoms. The Kier molecular flexibility index (Phi) is 10.2. The van der Waals surface area contributed by atoms with Crippen molar-refractivity contribution in [2.24, 2.45) is 0 Å². The number of rotatable bonds is 8. The van der Waals surface area contributed by atoms with Gasteiger partial charge in [-0.25, -0.2) is 0 Å². The molecular weight excluding hydrogens is 401 g/mol. The number of benzene rings is 1. The number of anilines is 1. The van der Waals surface area contributed by atoms with Crippen LogP contribution in [0.25, 0.3) is 11.4 Å². The highest BCUT2D eigenvalue weighted by atomic mass is 35.5. The maximum atomic E-state index is 12.2. The lowest BCUT2D eigenvalue weighted by molar-refractivity contribution is -0.116. The van der Waals surface area contributed by atoms with Crippen molar-refractivity contribution in [2.75, 3.05) is 11.9 Å². The highest BCUT2D eigenvalue weighted by Crippen LogP contribution is 2.15. The summed E-state index contributed by atoms with van der Waals surface area (Å²) in [6.45, 7) is 3.74. The first-order valence-corrected chi connectivity index (χ1v) is 8.57. The second-order valence-corrected chi connectivity index (χ2v) is 5.78. The maximum Gasteiger partial charge on any atom is 0.227 e.